The Bertz CT molecular complexity index is 884. The minimum Gasteiger partial charge on any atom is -0.359 e. The molecule has 0 aliphatic heterocycles. The van der Waals surface area contributed by atoms with Crippen molar-refractivity contribution < 1.29 is 4.79 Å². The Kier molecular flexibility index (Phi) is 6.69. The summed E-state index contributed by atoms with van der Waals surface area (Å²) in [6.45, 7) is 10.4. The van der Waals surface area contributed by atoms with Gasteiger partial charge in [0.1, 0.15) is 0 Å². The molecule has 1 atom stereocenters. The number of carbonyl (C=O) groups excluding carboxylic acids is 1. The quantitative estimate of drug-likeness (QED) is 0.511. The molecule has 1 saturated carbocycles. The van der Waals surface area contributed by atoms with Gasteiger partial charge >= 0.3 is 0 Å². The summed E-state index contributed by atoms with van der Waals surface area (Å²) in [4.78, 5) is 12.8. The Morgan fingerprint density at radius 1 is 1.17 bits per heavy atom. The summed E-state index contributed by atoms with van der Waals surface area (Å²) in [6.07, 6.45) is 5.15. The molecule has 3 rings (SSSR count). The second-order valence-corrected chi connectivity index (χ2v) is 8.92. The van der Waals surface area contributed by atoms with Gasteiger partial charge in [0, 0.05) is 27.5 Å². The lowest BCUT2D eigenvalue weighted by Gasteiger charge is -2.43. The molecular weight excluding hydrogens is 380 g/mol. The van der Waals surface area contributed by atoms with E-state index in [-0.39, 0.29) is 11.4 Å². The van der Waals surface area contributed by atoms with Crippen molar-refractivity contribution in [2.45, 2.75) is 58.4 Å². The van der Waals surface area contributed by atoms with E-state index in [1.807, 2.05) is 19.1 Å². The van der Waals surface area contributed by atoms with Crippen LogP contribution in [0.4, 0.5) is 5.69 Å². The third-order valence-corrected chi connectivity index (χ3v) is 6.54. The highest BCUT2D eigenvalue weighted by molar-refractivity contribution is 6.31. The number of benzene rings is 2. The van der Waals surface area contributed by atoms with Crippen LogP contribution in [0.3, 0.4) is 0 Å². The third-order valence-electron chi connectivity index (χ3n) is 6.13. The number of halogens is 1. The SMILES string of the molecule is C=C(Nc1ccc(C)cc1)[C@H](C)CCC1(NC(=O)c2ccc(C)c(Cl)c2)CCC1. The van der Waals surface area contributed by atoms with Crippen LogP contribution in [0.25, 0.3) is 0 Å². The highest BCUT2D eigenvalue weighted by atomic mass is 35.5. The van der Waals surface area contributed by atoms with Crippen LogP contribution in [0.1, 0.15) is 60.5 Å². The van der Waals surface area contributed by atoms with Crippen LogP contribution in [-0.2, 0) is 0 Å². The summed E-state index contributed by atoms with van der Waals surface area (Å²) in [7, 11) is 0. The molecule has 0 heterocycles. The molecule has 1 amide bonds. The first-order valence-corrected chi connectivity index (χ1v) is 10.8. The van der Waals surface area contributed by atoms with E-state index < -0.39 is 0 Å². The van der Waals surface area contributed by atoms with Crippen LogP contribution in [-0.4, -0.2) is 11.4 Å². The van der Waals surface area contributed by atoms with Crippen LogP contribution >= 0.6 is 11.6 Å². The van der Waals surface area contributed by atoms with Gasteiger partial charge in [0.05, 0.1) is 0 Å². The highest BCUT2D eigenvalue weighted by Gasteiger charge is 2.38. The average molecular weight is 411 g/mol. The molecule has 2 aromatic rings. The number of rotatable bonds is 8. The number of aryl methyl sites for hydroxylation is 2. The number of hydrogen-bond acceptors (Lipinski definition) is 2. The summed E-state index contributed by atoms with van der Waals surface area (Å²) < 4.78 is 0. The fourth-order valence-corrected chi connectivity index (χ4v) is 3.88. The van der Waals surface area contributed by atoms with Crippen molar-refractivity contribution in [3.8, 4) is 0 Å². The molecule has 1 aliphatic rings. The monoisotopic (exact) mass is 410 g/mol. The Morgan fingerprint density at radius 3 is 2.45 bits per heavy atom. The van der Waals surface area contributed by atoms with Gasteiger partial charge in [-0.2, -0.15) is 0 Å². The molecular formula is C25H31ClN2O. The molecule has 2 aromatic carbocycles. The van der Waals surface area contributed by atoms with Gasteiger partial charge in [-0.3, -0.25) is 4.79 Å². The maximum absolute atomic E-state index is 12.8. The van der Waals surface area contributed by atoms with Crippen LogP contribution in [0.5, 0.6) is 0 Å². The van der Waals surface area contributed by atoms with E-state index in [2.05, 4.69) is 55.3 Å². The molecule has 0 bridgehead atoms. The zero-order valence-electron chi connectivity index (χ0n) is 17.6. The largest absolute Gasteiger partial charge is 0.359 e. The number of amides is 1. The lowest BCUT2D eigenvalue weighted by atomic mass is 9.72. The molecule has 0 radical (unpaired) electrons. The molecule has 1 aliphatic carbocycles. The van der Waals surface area contributed by atoms with Crippen molar-refractivity contribution in [2.75, 3.05) is 5.32 Å². The fourth-order valence-electron chi connectivity index (χ4n) is 3.70. The van der Waals surface area contributed by atoms with Crippen molar-refractivity contribution in [1.82, 2.24) is 5.32 Å². The zero-order chi connectivity index (χ0) is 21.0. The summed E-state index contributed by atoms with van der Waals surface area (Å²) >= 11 is 6.19. The summed E-state index contributed by atoms with van der Waals surface area (Å²) in [5, 5.41) is 7.35. The topological polar surface area (TPSA) is 41.1 Å². The predicted molar refractivity (Wildman–Crippen MR) is 123 cm³/mol. The lowest BCUT2D eigenvalue weighted by molar-refractivity contribution is 0.0803. The molecule has 2 N–H and O–H groups in total. The standard InChI is InChI=1S/C25H31ClN2O/c1-17-6-10-22(11-7-17)27-20(4)18(2)12-15-25(13-5-14-25)28-24(29)21-9-8-19(3)23(26)16-21/h6-11,16,18,27H,4-5,12-15H2,1-3H3,(H,28,29)/t18-/m1/s1. The van der Waals surface area contributed by atoms with Crippen LogP contribution in [0.2, 0.25) is 5.02 Å². The van der Waals surface area contributed by atoms with E-state index in [1.165, 1.54) is 5.56 Å². The smallest absolute Gasteiger partial charge is 0.251 e. The average Bonchev–Trinajstić information content (AvgIpc) is 2.67. The second kappa shape index (κ2) is 9.04. The Morgan fingerprint density at radius 2 is 1.86 bits per heavy atom. The van der Waals surface area contributed by atoms with Gasteiger partial charge < -0.3 is 10.6 Å². The molecule has 3 nitrogen and oxygen atoms in total. The lowest BCUT2D eigenvalue weighted by Crippen LogP contribution is -2.53. The Balaban J connectivity index is 1.55. The van der Waals surface area contributed by atoms with Gasteiger partial charge in [-0.05, 0) is 81.7 Å². The van der Waals surface area contributed by atoms with Crippen molar-refractivity contribution in [3.05, 3.63) is 76.5 Å². The van der Waals surface area contributed by atoms with Gasteiger partial charge in [0.15, 0.2) is 0 Å². The number of nitrogens with one attached hydrogen (secondary N) is 2. The van der Waals surface area contributed by atoms with E-state index in [0.29, 0.717) is 16.5 Å². The van der Waals surface area contributed by atoms with Crippen molar-refractivity contribution >= 4 is 23.2 Å². The van der Waals surface area contributed by atoms with Gasteiger partial charge in [0.2, 0.25) is 0 Å². The van der Waals surface area contributed by atoms with Crippen molar-refractivity contribution in [3.63, 3.8) is 0 Å². The van der Waals surface area contributed by atoms with Gasteiger partial charge in [-0.25, -0.2) is 0 Å². The number of anilines is 1. The van der Waals surface area contributed by atoms with Crippen LogP contribution < -0.4 is 10.6 Å². The Hall–Kier alpha value is -2.26. The molecule has 0 spiro atoms. The number of carbonyl (C=O) groups is 1. The van der Waals surface area contributed by atoms with Crippen molar-refractivity contribution in [1.29, 1.82) is 0 Å². The molecule has 29 heavy (non-hydrogen) atoms. The van der Waals surface area contributed by atoms with Crippen LogP contribution in [0.15, 0.2) is 54.7 Å². The van der Waals surface area contributed by atoms with Crippen molar-refractivity contribution in [2.24, 2.45) is 5.92 Å². The summed E-state index contributed by atoms with van der Waals surface area (Å²) in [5.41, 5.74) is 4.83. The molecule has 154 valence electrons. The maximum Gasteiger partial charge on any atom is 0.251 e. The minimum atomic E-state index is -0.104. The predicted octanol–water partition coefficient (Wildman–Crippen LogP) is 6.65. The van der Waals surface area contributed by atoms with Crippen LogP contribution in [0, 0.1) is 19.8 Å². The Labute approximate surface area is 179 Å². The molecule has 0 saturated heterocycles. The summed E-state index contributed by atoms with van der Waals surface area (Å²) in [5.74, 6) is 0.287. The molecule has 4 heteroatoms. The van der Waals surface area contributed by atoms with Gasteiger partial charge in [0.25, 0.3) is 5.91 Å². The first-order valence-electron chi connectivity index (χ1n) is 10.4. The normalized spacial score (nSPS) is 15.9. The van der Waals surface area contributed by atoms with E-state index in [0.717, 1.165) is 49.1 Å². The molecule has 0 unspecified atom stereocenters. The number of allylic oxidation sites excluding steroid dienone is 1. The maximum atomic E-state index is 12.8. The second-order valence-electron chi connectivity index (χ2n) is 8.51. The zero-order valence-corrected chi connectivity index (χ0v) is 18.4. The summed E-state index contributed by atoms with van der Waals surface area (Å²) in [6, 6.07) is 13.8. The van der Waals surface area contributed by atoms with E-state index in [4.69, 9.17) is 11.6 Å². The fraction of sp³-hybridized carbons (Fsp3) is 0.400. The number of hydrogen-bond donors (Lipinski definition) is 2. The van der Waals surface area contributed by atoms with E-state index in [9.17, 15) is 4.79 Å². The van der Waals surface area contributed by atoms with Gasteiger partial charge in [-0.1, -0.05) is 48.9 Å². The first-order chi connectivity index (χ1) is 13.8. The minimum absolute atomic E-state index is 0.0316. The van der Waals surface area contributed by atoms with Gasteiger partial charge in [-0.15, -0.1) is 0 Å². The third kappa shape index (κ3) is 5.42. The first kappa shape index (κ1) is 21.4. The van der Waals surface area contributed by atoms with E-state index >= 15 is 0 Å². The highest BCUT2D eigenvalue weighted by Crippen LogP contribution is 2.38. The molecule has 1 fully saturated rings. The van der Waals surface area contributed by atoms with E-state index in [1.54, 1.807) is 6.07 Å². The molecule has 0 aromatic heterocycles.